The van der Waals surface area contributed by atoms with Gasteiger partial charge in [-0.05, 0) is 31.2 Å². The Balaban J connectivity index is 2.69. The Morgan fingerprint density at radius 2 is 1.88 bits per heavy atom. The van der Waals surface area contributed by atoms with Crippen LogP contribution < -0.4 is 5.73 Å². The summed E-state index contributed by atoms with van der Waals surface area (Å²) in [6, 6.07) is 5.88. The van der Waals surface area contributed by atoms with Crippen molar-refractivity contribution < 1.29 is 17.9 Å². The van der Waals surface area contributed by atoms with Gasteiger partial charge in [-0.15, -0.1) is 0 Å². The Labute approximate surface area is 100 Å². The molecule has 94 valence electrons. The van der Waals surface area contributed by atoms with Crippen molar-refractivity contribution in [3.05, 3.63) is 24.3 Å². The maximum absolute atomic E-state index is 11.8. The number of anilines is 1. The molecule has 0 aromatic heterocycles. The van der Waals surface area contributed by atoms with Crippen LogP contribution in [0.25, 0.3) is 0 Å². The molecule has 6 heteroatoms. The molecule has 1 aromatic rings. The molecule has 0 saturated carbocycles. The van der Waals surface area contributed by atoms with Gasteiger partial charge in [-0.3, -0.25) is 4.79 Å². The summed E-state index contributed by atoms with van der Waals surface area (Å²) < 4.78 is 28.3. The fourth-order valence-electron chi connectivity index (χ4n) is 1.24. The SMILES string of the molecule is CCOC(=O)CCS(=O)(=O)c1ccc(N)cc1. The molecule has 0 fully saturated rings. The quantitative estimate of drug-likeness (QED) is 0.628. The van der Waals surface area contributed by atoms with Crippen molar-refractivity contribution in [3.63, 3.8) is 0 Å². The topological polar surface area (TPSA) is 86.5 Å². The third-order valence-corrected chi connectivity index (χ3v) is 3.85. The van der Waals surface area contributed by atoms with Crippen molar-refractivity contribution in [3.8, 4) is 0 Å². The molecule has 5 nitrogen and oxygen atoms in total. The monoisotopic (exact) mass is 257 g/mol. The van der Waals surface area contributed by atoms with E-state index in [0.717, 1.165) is 0 Å². The number of hydrogen-bond acceptors (Lipinski definition) is 5. The van der Waals surface area contributed by atoms with Crippen molar-refractivity contribution in [1.82, 2.24) is 0 Å². The van der Waals surface area contributed by atoms with E-state index in [1.165, 1.54) is 24.3 Å². The van der Waals surface area contributed by atoms with Gasteiger partial charge in [-0.2, -0.15) is 0 Å². The highest BCUT2D eigenvalue weighted by Crippen LogP contribution is 2.14. The van der Waals surface area contributed by atoms with Gasteiger partial charge in [0, 0.05) is 5.69 Å². The van der Waals surface area contributed by atoms with E-state index in [9.17, 15) is 13.2 Å². The molecule has 0 aliphatic carbocycles. The lowest BCUT2D eigenvalue weighted by molar-refractivity contribution is -0.142. The highest BCUT2D eigenvalue weighted by atomic mass is 32.2. The third kappa shape index (κ3) is 4.07. The van der Waals surface area contributed by atoms with Gasteiger partial charge < -0.3 is 10.5 Å². The van der Waals surface area contributed by atoms with E-state index < -0.39 is 15.8 Å². The maximum atomic E-state index is 11.8. The lowest BCUT2D eigenvalue weighted by Gasteiger charge is -2.04. The molecule has 1 aromatic carbocycles. The number of carbonyl (C=O) groups is 1. The average Bonchev–Trinajstić information content (AvgIpc) is 2.28. The molecule has 0 aliphatic rings. The Bertz CT molecular complexity index is 479. The smallest absolute Gasteiger partial charge is 0.306 e. The number of rotatable bonds is 5. The first-order chi connectivity index (χ1) is 7.95. The number of sulfone groups is 1. The number of ether oxygens (including phenoxy) is 1. The van der Waals surface area contributed by atoms with Gasteiger partial charge in [0.15, 0.2) is 9.84 Å². The van der Waals surface area contributed by atoms with Gasteiger partial charge in [-0.1, -0.05) is 0 Å². The van der Waals surface area contributed by atoms with Crippen LogP contribution in [0.3, 0.4) is 0 Å². The molecule has 2 N–H and O–H groups in total. The Kier molecular flexibility index (Phi) is 4.51. The summed E-state index contributed by atoms with van der Waals surface area (Å²) in [5.74, 6) is -0.762. The minimum Gasteiger partial charge on any atom is -0.466 e. The number of esters is 1. The van der Waals surface area contributed by atoms with E-state index in [2.05, 4.69) is 4.74 Å². The Morgan fingerprint density at radius 1 is 1.29 bits per heavy atom. The molecule has 0 atom stereocenters. The summed E-state index contributed by atoms with van der Waals surface area (Å²) in [4.78, 5) is 11.2. The average molecular weight is 257 g/mol. The zero-order chi connectivity index (χ0) is 12.9. The van der Waals surface area contributed by atoms with E-state index in [0.29, 0.717) is 5.69 Å². The molecule has 1 rings (SSSR count). The fraction of sp³-hybridized carbons (Fsp3) is 0.364. The molecular weight excluding hydrogens is 242 g/mol. The predicted octanol–water partition coefficient (Wildman–Crippen LogP) is 0.996. The van der Waals surface area contributed by atoms with Crippen LogP contribution in [0.4, 0.5) is 5.69 Å². The highest BCUT2D eigenvalue weighted by Gasteiger charge is 2.16. The number of nitrogen functional groups attached to an aromatic ring is 1. The van der Waals surface area contributed by atoms with Gasteiger partial charge in [-0.25, -0.2) is 8.42 Å². The van der Waals surface area contributed by atoms with Crippen LogP contribution >= 0.6 is 0 Å². The standard InChI is InChI=1S/C11H15NO4S/c1-2-16-11(13)7-8-17(14,15)10-5-3-9(12)4-6-10/h3-6H,2,7-8,12H2,1H3. The van der Waals surface area contributed by atoms with Crippen LogP contribution in [0.15, 0.2) is 29.2 Å². The Hall–Kier alpha value is -1.56. The predicted molar refractivity (Wildman–Crippen MR) is 64.2 cm³/mol. The highest BCUT2D eigenvalue weighted by molar-refractivity contribution is 7.91. The molecule has 17 heavy (non-hydrogen) atoms. The number of benzene rings is 1. The first-order valence-electron chi connectivity index (χ1n) is 5.19. The minimum absolute atomic E-state index is 0.138. The molecule has 0 amide bonds. The van der Waals surface area contributed by atoms with Crippen molar-refractivity contribution in [2.75, 3.05) is 18.1 Å². The first kappa shape index (κ1) is 13.5. The number of hydrogen-bond donors (Lipinski definition) is 1. The van der Waals surface area contributed by atoms with E-state index in [1.54, 1.807) is 6.92 Å². The lowest BCUT2D eigenvalue weighted by Crippen LogP contribution is -2.13. The van der Waals surface area contributed by atoms with Gasteiger partial charge in [0.1, 0.15) is 0 Å². The molecule has 0 aliphatic heterocycles. The van der Waals surface area contributed by atoms with Gasteiger partial charge in [0.05, 0.1) is 23.7 Å². The van der Waals surface area contributed by atoms with Crippen LogP contribution in [-0.4, -0.2) is 26.7 Å². The van der Waals surface area contributed by atoms with Crippen molar-refractivity contribution >= 4 is 21.5 Å². The maximum Gasteiger partial charge on any atom is 0.306 e. The summed E-state index contributed by atoms with van der Waals surface area (Å²) in [6.07, 6.45) is -0.138. The normalized spacial score (nSPS) is 11.1. The summed E-state index contributed by atoms with van der Waals surface area (Å²) >= 11 is 0. The number of carbonyl (C=O) groups excluding carboxylic acids is 1. The second-order valence-corrected chi connectivity index (χ2v) is 5.55. The zero-order valence-electron chi connectivity index (χ0n) is 9.55. The summed E-state index contributed by atoms with van der Waals surface area (Å²) in [5, 5.41) is 0. The molecule has 0 heterocycles. The number of nitrogens with two attached hydrogens (primary N) is 1. The molecule has 0 saturated heterocycles. The summed E-state index contributed by atoms with van der Waals surface area (Å²) in [6.45, 7) is 1.92. The molecular formula is C11H15NO4S. The fourth-order valence-corrected chi connectivity index (χ4v) is 2.47. The van der Waals surface area contributed by atoms with Crippen LogP contribution in [0.5, 0.6) is 0 Å². The minimum atomic E-state index is -3.45. The van der Waals surface area contributed by atoms with Crippen LogP contribution in [0.2, 0.25) is 0 Å². The van der Waals surface area contributed by atoms with E-state index in [-0.39, 0.29) is 23.7 Å². The largest absolute Gasteiger partial charge is 0.466 e. The van der Waals surface area contributed by atoms with Crippen molar-refractivity contribution in [1.29, 1.82) is 0 Å². The van der Waals surface area contributed by atoms with Crippen LogP contribution in [0.1, 0.15) is 13.3 Å². The van der Waals surface area contributed by atoms with Gasteiger partial charge in [0.2, 0.25) is 0 Å². The first-order valence-corrected chi connectivity index (χ1v) is 6.85. The lowest BCUT2D eigenvalue weighted by atomic mass is 10.3. The Morgan fingerprint density at radius 3 is 2.41 bits per heavy atom. The second kappa shape index (κ2) is 5.67. The zero-order valence-corrected chi connectivity index (χ0v) is 10.4. The molecule has 0 radical (unpaired) electrons. The van der Waals surface area contributed by atoms with E-state index in [1.807, 2.05) is 0 Å². The van der Waals surface area contributed by atoms with Gasteiger partial charge >= 0.3 is 5.97 Å². The third-order valence-electron chi connectivity index (χ3n) is 2.12. The summed E-state index contributed by atoms with van der Waals surface area (Å²) in [5.41, 5.74) is 5.96. The second-order valence-electron chi connectivity index (χ2n) is 3.44. The molecule has 0 bridgehead atoms. The van der Waals surface area contributed by atoms with Gasteiger partial charge in [0.25, 0.3) is 0 Å². The van der Waals surface area contributed by atoms with Crippen molar-refractivity contribution in [2.45, 2.75) is 18.2 Å². The molecule has 0 unspecified atom stereocenters. The van der Waals surface area contributed by atoms with Crippen LogP contribution in [-0.2, 0) is 19.4 Å². The molecule has 0 spiro atoms. The van der Waals surface area contributed by atoms with Crippen LogP contribution in [0, 0.1) is 0 Å². The van der Waals surface area contributed by atoms with Crippen molar-refractivity contribution in [2.24, 2.45) is 0 Å². The van der Waals surface area contributed by atoms with E-state index in [4.69, 9.17) is 5.73 Å². The summed E-state index contributed by atoms with van der Waals surface area (Å²) in [7, 11) is -3.45. The van der Waals surface area contributed by atoms with E-state index >= 15 is 0 Å².